The molecule has 0 bridgehead atoms. The number of hydrogen-bond acceptors (Lipinski definition) is 3. The highest BCUT2D eigenvalue weighted by Crippen LogP contribution is 2.18. The first-order valence-corrected chi connectivity index (χ1v) is 6.57. The molecule has 0 saturated heterocycles. The van der Waals surface area contributed by atoms with Crippen molar-refractivity contribution >= 4 is 12.0 Å². The van der Waals surface area contributed by atoms with Crippen molar-refractivity contribution in [1.29, 1.82) is 0 Å². The van der Waals surface area contributed by atoms with Crippen LogP contribution in [0.2, 0.25) is 0 Å². The molecule has 1 aromatic carbocycles. The third-order valence-corrected chi connectivity index (χ3v) is 2.89. The van der Waals surface area contributed by atoms with Crippen LogP contribution in [0.4, 0.5) is 0 Å². The maximum atomic E-state index is 11.8. The van der Waals surface area contributed by atoms with Gasteiger partial charge >= 0.3 is 5.97 Å². The van der Waals surface area contributed by atoms with Crippen LogP contribution in [0, 0.1) is 11.8 Å². The molecule has 0 N–H and O–H groups in total. The number of esters is 1. The summed E-state index contributed by atoms with van der Waals surface area (Å²) in [6.45, 7) is 6.26. The Morgan fingerprint density at radius 1 is 1.26 bits per heavy atom. The second-order valence-electron chi connectivity index (χ2n) is 4.65. The van der Waals surface area contributed by atoms with Crippen LogP contribution >= 0.6 is 0 Å². The number of carbonyl (C=O) groups is 1. The van der Waals surface area contributed by atoms with Gasteiger partial charge in [-0.1, -0.05) is 38.1 Å². The first-order chi connectivity index (χ1) is 9.08. The number of rotatable bonds is 6. The SMILES string of the molecule is CCOC(=O)C(/C=C/c1ccc(OC)cc1)C(C)C. The van der Waals surface area contributed by atoms with E-state index in [-0.39, 0.29) is 17.8 Å². The van der Waals surface area contributed by atoms with Gasteiger partial charge in [0.1, 0.15) is 5.75 Å². The van der Waals surface area contributed by atoms with Crippen molar-refractivity contribution in [3.63, 3.8) is 0 Å². The fourth-order valence-electron chi connectivity index (χ4n) is 1.74. The summed E-state index contributed by atoms with van der Waals surface area (Å²) < 4.78 is 10.2. The number of methoxy groups -OCH3 is 1. The molecule has 1 unspecified atom stereocenters. The van der Waals surface area contributed by atoms with Gasteiger partial charge in [0, 0.05) is 0 Å². The van der Waals surface area contributed by atoms with Crippen LogP contribution in [0.1, 0.15) is 26.3 Å². The highest BCUT2D eigenvalue weighted by molar-refractivity contribution is 5.76. The zero-order valence-electron chi connectivity index (χ0n) is 12.1. The average molecular weight is 262 g/mol. The number of benzene rings is 1. The Bertz CT molecular complexity index is 418. The lowest BCUT2D eigenvalue weighted by atomic mass is 9.95. The molecule has 0 aromatic heterocycles. The van der Waals surface area contributed by atoms with Gasteiger partial charge in [0.2, 0.25) is 0 Å². The first kappa shape index (κ1) is 15.3. The molecule has 0 aliphatic heterocycles. The van der Waals surface area contributed by atoms with E-state index in [1.165, 1.54) is 0 Å². The van der Waals surface area contributed by atoms with E-state index >= 15 is 0 Å². The van der Waals surface area contributed by atoms with Crippen molar-refractivity contribution in [3.05, 3.63) is 35.9 Å². The Morgan fingerprint density at radius 3 is 2.37 bits per heavy atom. The van der Waals surface area contributed by atoms with Crippen molar-refractivity contribution in [2.75, 3.05) is 13.7 Å². The molecule has 0 amide bonds. The van der Waals surface area contributed by atoms with E-state index < -0.39 is 0 Å². The Labute approximate surface area is 115 Å². The molecule has 1 aromatic rings. The summed E-state index contributed by atoms with van der Waals surface area (Å²) in [6.07, 6.45) is 3.85. The number of hydrogen-bond donors (Lipinski definition) is 0. The van der Waals surface area contributed by atoms with E-state index in [1.807, 2.05) is 57.2 Å². The van der Waals surface area contributed by atoms with Crippen molar-refractivity contribution < 1.29 is 14.3 Å². The average Bonchev–Trinajstić information content (AvgIpc) is 2.39. The largest absolute Gasteiger partial charge is 0.497 e. The molecule has 1 rings (SSSR count). The summed E-state index contributed by atoms with van der Waals surface area (Å²) in [5.74, 6) is 0.667. The minimum absolute atomic E-state index is 0.165. The molecule has 0 heterocycles. The standard InChI is InChI=1S/C16H22O3/c1-5-19-16(17)15(12(2)3)11-8-13-6-9-14(18-4)10-7-13/h6-12,15H,5H2,1-4H3/b11-8+. The molecule has 3 nitrogen and oxygen atoms in total. The molecule has 0 saturated carbocycles. The minimum Gasteiger partial charge on any atom is -0.497 e. The molecule has 0 aliphatic rings. The Hall–Kier alpha value is -1.77. The lowest BCUT2D eigenvalue weighted by Gasteiger charge is -2.15. The van der Waals surface area contributed by atoms with Crippen LogP contribution in [0.25, 0.3) is 6.08 Å². The number of carbonyl (C=O) groups excluding carboxylic acids is 1. The predicted octanol–water partition coefficient (Wildman–Crippen LogP) is 3.54. The zero-order valence-corrected chi connectivity index (χ0v) is 12.1. The van der Waals surface area contributed by atoms with Crippen molar-refractivity contribution in [1.82, 2.24) is 0 Å². The lowest BCUT2D eigenvalue weighted by molar-refractivity contribution is -0.147. The summed E-state index contributed by atoms with van der Waals surface area (Å²) in [5, 5.41) is 0. The normalized spacial score (nSPS) is 12.7. The first-order valence-electron chi connectivity index (χ1n) is 6.57. The van der Waals surface area contributed by atoms with Gasteiger partial charge in [0.25, 0.3) is 0 Å². The molecule has 104 valence electrons. The van der Waals surface area contributed by atoms with Crippen LogP contribution in [-0.4, -0.2) is 19.7 Å². The quantitative estimate of drug-likeness (QED) is 0.735. The summed E-state index contributed by atoms with van der Waals surface area (Å²) in [6, 6.07) is 7.71. The van der Waals surface area contributed by atoms with Crippen LogP contribution in [-0.2, 0) is 9.53 Å². The van der Waals surface area contributed by atoms with Crippen molar-refractivity contribution in [2.45, 2.75) is 20.8 Å². The summed E-state index contributed by atoms with van der Waals surface area (Å²) >= 11 is 0. The number of ether oxygens (including phenoxy) is 2. The maximum absolute atomic E-state index is 11.8. The van der Waals surface area contributed by atoms with Gasteiger partial charge in [0.15, 0.2) is 0 Å². The summed E-state index contributed by atoms with van der Waals surface area (Å²) in [7, 11) is 1.64. The smallest absolute Gasteiger partial charge is 0.313 e. The van der Waals surface area contributed by atoms with Crippen LogP contribution < -0.4 is 4.74 Å². The van der Waals surface area contributed by atoms with E-state index in [9.17, 15) is 4.79 Å². The highest BCUT2D eigenvalue weighted by Gasteiger charge is 2.20. The van der Waals surface area contributed by atoms with E-state index in [4.69, 9.17) is 9.47 Å². The van der Waals surface area contributed by atoms with Gasteiger partial charge in [-0.25, -0.2) is 0 Å². The van der Waals surface area contributed by atoms with Gasteiger partial charge in [-0.15, -0.1) is 0 Å². The molecular weight excluding hydrogens is 240 g/mol. The van der Waals surface area contributed by atoms with Gasteiger partial charge in [-0.2, -0.15) is 0 Å². The topological polar surface area (TPSA) is 35.5 Å². The van der Waals surface area contributed by atoms with E-state index in [2.05, 4.69) is 0 Å². The van der Waals surface area contributed by atoms with Crippen molar-refractivity contribution in [3.8, 4) is 5.75 Å². The van der Waals surface area contributed by atoms with E-state index in [0.29, 0.717) is 6.61 Å². The third kappa shape index (κ3) is 4.78. The van der Waals surface area contributed by atoms with E-state index in [1.54, 1.807) is 7.11 Å². The maximum Gasteiger partial charge on any atom is 0.313 e. The van der Waals surface area contributed by atoms with Crippen LogP contribution in [0.3, 0.4) is 0 Å². The van der Waals surface area contributed by atoms with Gasteiger partial charge in [-0.3, -0.25) is 4.79 Å². The molecule has 0 spiro atoms. The van der Waals surface area contributed by atoms with Crippen LogP contribution in [0.15, 0.2) is 30.3 Å². The third-order valence-electron chi connectivity index (χ3n) is 2.89. The fourth-order valence-corrected chi connectivity index (χ4v) is 1.74. The predicted molar refractivity (Wildman–Crippen MR) is 77.0 cm³/mol. The molecule has 0 aliphatic carbocycles. The molecule has 1 atom stereocenters. The molecule has 19 heavy (non-hydrogen) atoms. The minimum atomic E-state index is -0.206. The second kappa shape index (κ2) is 7.62. The lowest BCUT2D eigenvalue weighted by Crippen LogP contribution is -2.20. The van der Waals surface area contributed by atoms with Gasteiger partial charge < -0.3 is 9.47 Å². The van der Waals surface area contributed by atoms with Crippen LogP contribution in [0.5, 0.6) is 5.75 Å². The van der Waals surface area contributed by atoms with Crippen molar-refractivity contribution in [2.24, 2.45) is 11.8 Å². The van der Waals surface area contributed by atoms with Gasteiger partial charge in [-0.05, 0) is 30.5 Å². The molecule has 3 heteroatoms. The molecular formula is C16H22O3. The summed E-state index contributed by atoms with van der Waals surface area (Å²) in [4.78, 5) is 11.8. The van der Waals surface area contributed by atoms with Gasteiger partial charge in [0.05, 0.1) is 19.6 Å². The Morgan fingerprint density at radius 2 is 1.89 bits per heavy atom. The highest BCUT2D eigenvalue weighted by atomic mass is 16.5. The second-order valence-corrected chi connectivity index (χ2v) is 4.65. The molecule has 0 radical (unpaired) electrons. The molecule has 0 fully saturated rings. The Balaban J connectivity index is 2.77. The van der Waals surface area contributed by atoms with E-state index in [0.717, 1.165) is 11.3 Å². The monoisotopic (exact) mass is 262 g/mol. The summed E-state index contributed by atoms with van der Waals surface area (Å²) in [5.41, 5.74) is 1.04. The fraction of sp³-hybridized carbons (Fsp3) is 0.438. The Kier molecular flexibility index (Phi) is 6.13. The zero-order chi connectivity index (χ0) is 14.3.